The van der Waals surface area contributed by atoms with E-state index >= 15 is 0 Å². The molecule has 0 fully saturated rings. The molecule has 1 heterocycles. The van der Waals surface area contributed by atoms with E-state index in [2.05, 4.69) is 34.1 Å². The number of ether oxygens (including phenoxy) is 1. The molecule has 108 valence electrons. The zero-order chi connectivity index (χ0) is 14.2. The Balaban J connectivity index is 2.05. The molecule has 0 bridgehead atoms. The number of nitrogens with one attached hydrogen (secondary N) is 1. The molecule has 0 saturated carbocycles. The second-order valence-electron chi connectivity index (χ2n) is 4.87. The fourth-order valence-corrected chi connectivity index (χ4v) is 2.26. The number of anilines is 1. The first-order valence-corrected chi connectivity index (χ1v) is 7.02. The van der Waals surface area contributed by atoms with Gasteiger partial charge in [0.25, 0.3) is 0 Å². The van der Waals surface area contributed by atoms with E-state index in [1.807, 2.05) is 24.5 Å². The minimum absolute atomic E-state index is 0.295. The number of aromatic nitrogens is 1. The molecule has 20 heavy (non-hydrogen) atoms. The van der Waals surface area contributed by atoms with E-state index in [0.717, 1.165) is 24.2 Å². The minimum Gasteiger partial charge on any atom is -0.383 e. The van der Waals surface area contributed by atoms with Gasteiger partial charge in [0.1, 0.15) is 0 Å². The predicted octanol–water partition coefficient (Wildman–Crippen LogP) is 2.64. The van der Waals surface area contributed by atoms with Crippen molar-refractivity contribution in [3.63, 3.8) is 0 Å². The van der Waals surface area contributed by atoms with Gasteiger partial charge in [-0.3, -0.25) is 0 Å². The van der Waals surface area contributed by atoms with Crippen LogP contribution in [-0.4, -0.2) is 30.9 Å². The number of methoxy groups -OCH3 is 1. The Kier molecular flexibility index (Phi) is 5.65. The van der Waals surface area contributed by atoms with Crippen LogP contribution in [0.4, 0.5) is 5.69 Å². The molecule has 1 unspecified atom stereocenters. The molecule has 0 saturated heterocycles. The van der Waals surface area contributed by atoms with Crippen LogP contribution in [0.1, 0.15) is 12.8 Å². The second-order valence-corrected chi connectivity index (χ2v) is 4.87. The molecule has 2 aromatic rings. The lowest BCUT2D eigenvalue weighted by Gasteiger charge is -2.19. The van der Waals surface area contributed by atoms with Gasteiger partial charge in [0.2, 0.25) is 0 Å². The second kappa shape index (κ2) is 7.72. The number of nitrogens with zero attached hydrogens (tertiary/aromatic N) is 1. The van der Waals surface area contributed by atoms with Gasteiger partial charge in [-0.15, -0.1) is 0 Å². The average molecular weight is 273 g/mol. The summed E-state index contributed by atoms with van der Waals surface area (Å²) < 4.78 is 7.36. The Morgan fingerprint density at radius 1 is 1.25 bits per heavy atom. The van der Waals surface area contributed by atoms with E-state index in [1.54, 1.807) is 7.11 Å². The summed E-state index contributed by atoms with van der Waals surface area (Å²) in [6.45, 7) is 1.40. The SMILES string of the molecule is COCC(CCCN)Nc1cccc(-n2cccc2)c1. The van der Waals surface area contributed by atoms with Crippen LogP contribution < -0.4 is 11.1 Å². The summed E-state index contributed by atoms with van der Waals surface area (Å²) in [7, 11) is 1.73. The van der Waals surface area contributed by atoms with E-state index in [4.69, 9.17) is 10.5 Å². The van der Waals surface area contributed by atoms with Crippen molar-refractivity contribution in [1.29, 1.82) is 0 Å². The molecule has 1 aromatic heterocycles. The molecular formula is C16H23N3O. The third kappa shape index (κ3) is 4.11. The number of hydrogen-bond donors (Lipinski definition) is 2. The lowest BCUT2D eigenvalue weighted by molar-refractivity contribution is 0.182. The molecule has 4 nitrogen and oxygen atoms in total. The van der Waals surface area contributed by atoms with Crippen LogP contribution in [0.3, 0.4) is 0 Å². The first-order chi connectivity index (χ1) is 9.83. The monoisotopic (exact) mass is 273 g/mol. The fourth-order valence-electron chi connectivity index (χ4n) is 2.26. The van der Waals surface area contributed by atoms with Crippen LogP contribution in [0.5, 0.6) is 0 Å². The fraction of sp³-hybridized carbons (Fsp3) is 0.375. The van der Waals surface area contributed by atoms with Crippen LogP contribution in [0, 0.1) is 0 Å². The molecule has 0 amide bonds. The lowest BCUT2D eigenvalue weighted by Crippen LogP contribution is -2.25. The van der Waals surface area contributed by atoms with Crippen molar-refractivity contribution in [2.45, 2.75) is 18.9 Å². The summed E-state index contributed by atoms with van der Waals surface area (Å²) in [6, 6.07) is 12.7. The molecular weight excluding hydrogens is 250 g/mol. The number of rotatable bonds is 8. The number of hydrogen-bond acceptors (Lipinski definition) is 3. The Bertz CT molecular complexity index is 496. The van der Waals surface area contributed by atoms with E-state index in [1.165, 1.54) is 0 Å². The van der Waals surface area contributed by atoms with Gasteiger partial charge in [-0.1, -0.05) is 6.07 Å². The van der Waals surface area contributed by atoms with Gasteiger partial charge in [-0.25, -0.2) is 0 Å². The van der Waals surface area contributed by atoms with Gasteiger partial charge < -0.3 is 20.4 Å². The molecule has 0 spiro atoms. The van der Waals surface area contributed by atoms with E-state index in [-0.39, 0.29) is 0 Å². The van der Waals surface area contributed by atoms with E-state index in [0.29, 0.717) is 19.2 Å². The summed E-state index contributed by atoms with van der Waals surface area (Å²) in [5.74, 6) is 0. The molecule has 1 aromatic carbocycles. The molecule has 4 heteroatoms. The molecule has 1 atom stereocenters. The summed E-state index contributed by atoms with van der Waals surface area (Å²) in [4.78, 5) is 0. The molecule has 2 rings (SSSR count). The zero-order valence-corrected chi connectivity index (χ0v) is 12.0. The molecule has 0 radical (unpaired) electrons. The molecule has 0 aliphatic heterocycles. The third-order valence-corrected chi connectivity index (χ3v) is 3.24. The van der Waals surface area contributed by atoms with Gasteiger partial charge in [-0.05, 0) is 49.7 Å². The van der Waals surface area contributed by atoms with Crippen molar-refractivity contribution in [3.8, 4) is 5.69 Å². The van der Waals surface area contributed by atoms with Crippen LogP contribution >= 0.6 is 0 Å². The van der Waals surface area contributed by atoms with Crippen molar-refractivity contribution < 1.29 is 4.74 Å². The quantitative estimate of drug-likeness (QED) is 0.777. The first-order valence-electron chi connectivity index (χ1n) is 7.02. The molecule has 0 aliphatic rings. The zero-order valence-electron chi connectivity index (χ0n) is 12.0. The van der Waals surface area contributed by atoms with E-state index < -0.39 is 0 Å². The first kappa shape index (κ1) is 14.6. The highest BCUT2D eigenvalue weighted by Gasteiger charge is 2.08. The Hall–Kier alpha value is -1.78. The van der Waals surface area contributed by atoms with E-state index in [9.17, 15) is 0 Å². The van der Waals surface area contributed by atoms with Crippen molar-refractivity contribution in [1.82, 2.24) is 4.57 Å². The predicted molar refractivity (Wildman–Crippen MR) is 83.3 cm³/mol. The maximum atomic E-state index is 5.58. The van der Waals surface area contributed by atoms with Crippen LogP contribution in [0.25, 0.3) is 5.69 Å². The van der Waals surface area contributed by atoms with Crippen LogP contribution in [-0.2, 0) is 4.74 Å². The third-order valence-electron chi connectivity index (χ3n) is 3.24. The Morgan fingerprint density at radius 3 is 2.75 bits per heavy atom. The molecule has 0 aliphatic carbocycles. The van der Waals surface area contributed by atoms with Crippen LogP contribution in [0.15, 0.2) is 48.8 Å². The van der Waals surface area contributed by atoms with Crippen molar-refractivity contribution >= 4 is 5.69 Å². The van der Waals surface area contributed by atoms with Gasteiger partial charge >= 0.3 is 0 Å². The smallest absolute Gasteiger partial charge is 0.0664 e. The maximum absolute atomic E-state index is 5.58. The van der Waals surface area contributed by atoms with Crippen molar-refractivity contribution in [2.24, 2.45) is 5.73 Å². The summed E-state index contributed by atoms with van der Waals surface area (Å²) in [5, 5.41) is 3.52. The van der Waals surface area contributed by atoms with Gasteiger partial charge in [0, 0.05) is 36.9 Å². The van der Waals surface area contributed by atoms with Crippen LogP contribution in [0.2, 0.25) is 0 Å². The minimum atomic E-state index is 0.295. The highest BCUT2D eigenvalue weighted by atomic mass is 16.5. The van der Waals surface area contributed by atoms with Gasteiger partial charge in [0.15, 0.2) is 0 Å². The average Bonchev–Trinajstić information content (AvgIpc) is 2.99. The lowest BCUT2D eigenvalue weighted by atomic mass is 10.1. The van der Waals surface area contributed by atoms with Crippen molar-refractivity contribution in [3.05, 3.63) is 48.8 Å². The van der Waals surface area contributed by atoms with Gasteiger partial charge in [0.05, 0.1) is 6.61 Å². The van der Waals surface area contributed by atoms with Gasteiger partial charge in [-0.2, -0.15) is 0 Å². The highest BCUT2D eigenvalue weighted by molar-refractivity contribution is 5.51. The highest BCUT2D eigenvalue weighted by Crippen LogP contribution is 2.17. The summed E-state index contributed by atoms with van der Waals surface area (Å²) in [6.07, 6.45) is 6.09. The largest absolute Gasteiger partial charge is 0.383 e. The topological polar surface area (TPSA) is 52.2 Å². The van der Waals surface area contributed by atoms with Crippen molar-refractivity contribution in [2.75, 3.05) is 25.6 Å². The molecule has 3 N–H and O–H groups in total. The summed E-state index contributed by atoms with van der Waals surface area (Å²) >= 11 is 0. The normalized spacial score (nSPS) is 12.3. The standard InChI is InChI=1S/C16H23N3O/c1-20-13-15(7-5-9-17)18-14-6-4-8-16(12-14)19-10-2-3-11-19/h2-4,6,8,10-12,15,18H,5,7,9,13,17H2,1H3. The Labute approximate surface area is 120 Å². The Morgan fingerprint density at radius 2 is 2.05 bits per heavy atom. The number of nitrogens with two attached hydrogens (primary N) is 1. The maximum Gasteiger partial charge on any atom is 0.0664 e. The number of benzene rings is 1. The summed E-state index contributed by atoms with van der Waals surface area (Å²) in [5.41, 5.74) is 7.84.